The molecule has 0 aromatic rings. The highest BCUT2D eigenvalue weighted by Crippen LogP contribution is 2.30. The summed E-state index contributed by atoms with van der Waals surface area (Å²) in [4.78, 5) is 57.1. The lowest BCUT2D eigenvalue weighted by Crippen LogP contribution is -2.62. The van der Waals surface area contributed by atoms with E-state index in [-0.39, 0.29) is 5.78 Å². The Balaban J connectivity index is 3.29. The van der Waals surface area contributed by atoms with E-state index in [1.165, 1.54) is 6.92 Å². The van der Waals surface area contributed by atoms with E-state index in [0.29, 0.717) is 0 Å². The topological polar surface area (TPSA) is 141 Å². The van der Waals surface area contributed by atoms with E-state index in [2.05, 4.69) is 0 Å². The number of carbonyl (C=O) groups is 5. The molecule has 5 atom stereocenters. The molecule has 11 heteroatoms. The maximum Gasteiger partial charge on any atom is 0.305 e. The zero-order valence-electron chi connectivity index (χ0n) is 15.6. The van der Waals surface area contributed by atoms with E-state index in [1.807, 2.05) is 0 Å². The molecule has 0 radical (unpaired) electrons. The van der Waals surface area contributed by atoms with Crippen LogP contribution in [0.15, 0.2) is 0 Å². The Morgan fingerprint density at radius 1 is 0.630 bits per heavy atom. The lowest BCUT2D eigenvalue weighted by Gasteiger charge is -2.43. The molecule has 0 amide bonds. The third-order valence-electron chi connectivity index (χ3n) is 3.09. The van der Waals surface area contributed by atoms with Crippen molar-refractivity contribution in [1.29, 1.82) is 0 Å². The van der Waals surface area contributed by atoms with Gasteiger partial charge in [0.15, 0.2) is 18.0 Å². The Hall–Kier alpha value is -2.53. The number of ketones is 1. The molecule has 1 fully saturated rings. The molecule has 1 heterocycles. The first kappa shape index (κ1) is 22.5. The van der Waals surface area contributed by atoms with Crippen LogP contribution in [0.4, 0.5) is 0 Å². The third-order valence-corrected chi connectivity index (χ3v) is 3.09. The Bertz CT molecular complexity index is 599. The van der Waals surface area contributed by atoms with Crippen molar-refractivity contribution in [3.8, 4) is 0 Å². The summed E-state index contributed by atoms with van der Waals surface area (Å²) in [5.41, 5.74) is 0. The van der Waals surface area contributed by atoms with Crippen LogP contribution in [0.1, 0.15) is 34.6 Å². The van der Waals surface area contributed by atoms with Gasteiger partial charge in [0.25, 0.3) is 0 Å². The van der Waals surface area contributed by atoms with Gasteiger partial charge in [-0.25, -0.2) is 0 Å². The first-order valence-corrected chi connectivity index (χ1v) is 7.96. The first-order valence-electron chi connectivity index (χ1n) is 7.96. The van der Waals surface area contributed by atoms with E-state index < -0.39 is 61.4 Å². The van der Waals surface area contributed by atoms with E-state index in [1.54, 1.807) is 0 Å². The molecule has 0 aliphatic carbocycles. The summed E-state index contributed by atoms with van der Waals surface area (Å²) in [6.45, 7) is 5.16. The van der Waals surface area contributed by atoms with Gasteiger partial charge >= 0.3 is 23.9 Å². The van der Waals surface area contributed by atoms with Crippen LogP contribution in [-0.4, -0.2) is 67.2 Å². The first-order chi connectivity index (χ1) is 12.5. The van der Waals surface area contributed by atoms with Crippen molar-refractivity contribution in [2.45, 2.75) is 65.5 Å². The van der Waals surface area contributed by atoms with Crippen molar-refractivity contribution in [3.63, 3.8) is 0 Å². The fourth-order valence-electron chi connectivity index (χ4n) is 2.33. The second-order valence-corrected chi connectivity index (χ2v) is 5.72. The summed E-state index contributed by atoms with van der Waals surface area (Å²) in [5, 5.41) is 0. The summed E-state index contributed by atoms with van der Waals surface area (Å²) in [6.07, 6.45) is -7.19. The van der Waals surface area contributed by atoms with Crippen molar-refractivity contribution >= 4 is 29.7 Å². The zero-order valence-corrected chi connectivity index (χ0v) is 15.6. The molecule has 1 saturated heterocycles. The summed E-state index contributed by atoms with van der Waals surface area (Å²) in [6, 6.07) is 0. The number of Topliss-reactive ketones (excluding diaryl/α,β-unsaturated/α-hetero) is 1. The molecule has 11 nitrogen and oxygen atoms in total. The van der Waals surface area contributed by atoms with Gasteiger partial charge in [0.05, 0.1) is 0 Å². The minimum atomic E-state index is -1.53. The summed E-state index contributed by atoms with van der Waals surface area (Å²) in [5.74, 6) is -3.50. The van der Waals surface area contributed by atoms with Gasteiger partial charge in [-0.1, -0.05) is 0 Å². The second kappa shape index (κ2) is 9.97. The third kappa shape index (κ3) is 7.31. The highest BCUT2D eigenvalue weighted by atomic mass is 16.8. The van der Waals surface area contributed by atoms with Gasteiger partial charge in [0.2, 0.25) is 18.7 Å². The lowest BCUT2D eigenvalue weighted by molar-refractivity contribution is -0.343. The molecule has 1 rings (SSSR count). The predicted octanol–water partition coefficient (Wildman–Crippen LogP) is -0.367. The van der Waals surface area contributed by atoms with E-state index in [0.717, 1.165) is 27.7 Å². The van der Waals surface area contributed by atoms with Crippen molar-refractivity contribution in [1.82, 2.24) is 0 Å². The molecule has 0 aromatic heterocycles. The van der Waals surface area contributed by atoms with Crippen molar-refractivity contribution in [3.05, 3.63) is 0 Å². The maximum absolute atomic E-state index is 11.5. The van der Waals surface area contributed by atoms with Gasteiger partial charge in [-0.05, 0) is 6.92 Å². The van der Waals surface area contributed by atoms with E-state index >= 15 is 0 Å². The number of rotatable bonds is 7. The molecule has 1 aliphatic rings. The average molecular weight is 390 g/mol. The molecule has 152 valence electrons. The number of hydrogen-bond donors (Lipinski definition) is 0. The largest absolute Gasteiger partial charge is 0.454 e. The fourth-order valence-corrected chi connectivity index (χ4v) is 2.33. The number of esters is 4. The van der Waals surface area contributed by atoms with Crippen LogP contribution in [0.2, 0.25) is 0 Å². The molecule has 0 aromatic carbocycles. The van der Waals surface area contributed by atoms with Crippen LogP contribution in [0.5, 0.6) is 0 Å². The highest BCUT2D eigenvalue weighted by molar-refractivity contribution is 5.76. The van der Waals surface area contributed by atoms with E-state index in [9.17, 15) is 24.0 Å². The number of carbonyl (C=O) groups excluding carboxylic acids is 5. The standard InChI is InChI=1S/C16H22O11/c1-7(17)6-22-15-13(24-9(3)19)12(23-8(2)18)14(25-10(4)20)16(27-15)26-11(5)21/h12-16H,6H2,1-5H3. The summed E-state index contributed by atoms with van der Waals surface area (Å²) in [7, 11) is 0. The zero-order chi connectivity index (χ0) is 20.7. The molecule has 5 unspecified atom stereocenters. The Morgan fingerprint density at radius 2 is 1.04 bits per heavy atom. The normalized spacial score (nSPS) is 27.2. The summed E-state index contributed by atoms with van der Waals surface area (Å²) >= 11 is 0. The number of ether oxygens (including phenoxy) is 6. The highest BCUT2D eigenvalue weighted by Gasteiger charge is 2.54. The van der Waals surface area contributed by atoms with Crippen molar-refractivity contribution in [2.24, 2.45) is 0 Å². The van der Waals surface area contributed by atoms with Gasteiger partial charge in [0.1, 0.15) is 6.61 Å². The van der Waals surface area contributed by atoms with E-state index in [4.69, 9.17) is 28.4 Å². The van der Waals surface area contributed by atoms with Crippen LogP contribution < -0.4 is 0 Å². The minimum Gasteiger partial charge on any atom is -0.454 e. The molecule has 0 saturated carbocycles. The van der Waals surface area contributed by atoms with Gasteiger partial charge < -0.3 is 28.4 Å². The van der Waals surface area contributed by atoms with Gasteiger partial charge in [-0.3, -0.25) is 24.0 Å². The van der Waals surface area contributed by atoms with Crippen LogP contribution >= 0.6 is 0 Å². The number of hydrogen-bond acceptors (Lipinski definition) is 11. The lowest BCUT2D eigenvalue weighted by atomic mass is 10.0. The molecule has 1 aliphatic heterocycles. The monoisotopic (exact) mass is 390 g/mol. The van der Waals surface area contributed by atoms with Crippen molar-refractivity contribution < 1.29 is 52.4 Å². The van der Waals surface area contributed by atoms with Gasteiger partial charge in [-0.15, -0.1) is 0 Å². The average Bonchev–Trinajstić information content (AvgIpc) is 2.49. The SMILES string of the molecule is CC(=O)COC1OC(OC(C)=O)C(OC(C)=O)C(OC(C)=O)C1OC(C)=O. The van der Waals surface area contributed by atoms with Crippen LogP contribution in [0.3, 0.4) is 0 Å². The second-order valence-electron chi connectivity index (χ2n) is 5.72. The Morgan fingerprint density at radius 3 is 1.44 bits per heavy atom. The molecule has 0 spiro atoms. The van der Waals surface area contributed by atoms with Crippen LogP contribution in [-0.2, 0) is 52.4 Å². The van der Waals surface area contributed by atoms with Crippen molar-refractivity contribution in [2.75, 3.05) is 6.61 Å². The van der Waals surface area contributed by atoms with Gasteiger partial charge in [0, 0.05) is 27.7 Å². The Kier molecular flexibility index (Phi) is 8.32. The smallest absolute Gasteiger partial charge is 0.305 e. The molecule has 0 N–H and O–H groups in total. The molecular weight excluding hydrogens is 368 g/mol. The molecular formula is C16H22O11. The Labute approximate surface area is 155 Å². The van der Waals surface area contributed by atoms with Crippen LogP contribution in [0.25, 0.3) is 0 Å². The predicted molar refractivity (Wildman–Crippen MR) is 83.7 cm³/mol. The fraction of sp³-hybridized carbons (Fsp3) is 0.688. The van der Waals surface area contributed by atoms with Crippen LogP contribution in [0, 0.1) is 0 Å². The quantitative estimate of drug-likeness (QED) is 0.415. The maximum atomic E-state index is 11.5. The summed E-state index contributed by atoms with van der Waals surface area (Å²) < 4.78 is 31.0. The van der Waals surface area contributed by atoms with Gasteiger partial charge in [-0.2, -0.15) is 0 Å². The molecule has 27 heavy (non-hydrogen) atoms. The minimum absolute atomic E-state index is 0.365. The molecule has 0 bridgehead atoms.